The highest BCUT2D eigenvalue weighted by Crippen LogP contribution is 2.24. The van der Waals surface area contributed by atoms with E-state index < -0.39 is 0 Å². The summed E-state index contributed by atoms with van der Waals surface area (Å²) < 4.78 is 17.7. The van der Waals surface area contributed by atoms with Gasteiger partial charge >= 0.3 is 6.09 Å². The van der Waals surface area contributed by atoms with Crippen LogP contribution in [0.5, 0.6) is 0 Å². The molecule has 0 spiro atoms. The summed E-state index contributed by atoms with van der Waals surface area (Å²) in [4.78, 5) is 12.5. The highest BCUT2D eigenvalue weighted by atomic mass is 19.1. The minimum atomic E-state index is -0.334. The lowest BCUT2D eigenvalue weighted by molar-refractivity contribution is 0.135. The van der Waals surface area contributed by atoms with Gasteiger partial charge in [-0.1, -0.05) is 12.1 Å². The van der Waals surface area contributed by atoms with E-state index in [1.54, 1.807) is 19.2 Å². The second-order valence-electron chi connectivity index (χ2n) is 3.30. The first-order chi connectivity index (χ1) is 6.66. The van der Waals surface area contributed by atoms with Crippen LogP contribution in [0.15, 0.2) is 24.3 Å². The maximum Gasteiger partial charge on any atom is 0.410 e. The Balaban J connectivity index is 2.17. The standard InChI is InChI=1S/C10H10FNO2/c1-12-6-9(14-10(12)13)7-2-4-8(11)5-3-7/h2-5,9H,6H2,1H3/t9-/m0/s1. The van der Waals surface area contributed by atoms with Gasteiger partial charge in [-0.05, 0) is 17.7 Å². The SMILES string of the molecule is CN1C[C@@H](c2ccc(F)cc2)OC1=O. The molecule has 0 radical (unpaired) electrons. The van der Waals surface area contributed by atoms with Crippen LogP contribution in [-0.2, 0) is 4.74 Å². The molecule has 1 fully saturated rings. The molecule has 1 saturated heterocycles. The number of likely N-dealkylation sites (N-methyl/N-ethyl adjacent to an activating group) is 1. The van der Waals surface area contributed by atoms with Crippen LogP contribution in [-0.4, -0.2) is 24.6 Å². The second-order valence-corrected chi connectivity index (χ2v) is 3.30. The van der Waals surface area contributed by atoms with Crippen molar-refractivity contribution < 1.29 is 13.9 Å². The zero-order valence-corrected chi connectivity index (χ0v) is 7.74. The van der Waals surface area contributed by atoms with Gasteiger partial charge < -0.3 is 9.64 Å². The molecular formula is C10H10FNO2. The van der Waals surface area contributed by atoms with E-state index in [9.17, 15) is 9.18 Å². The fraction of sp³-hybridized carbons (Fsp3) is 0.300. The quantitative estimate of drug-likeness (QED) is 0.685. The van der Waals surface area contributed by atoms with Crippen molar-refractivity contribution in [2.75, 3.05) is 13.6 Å². The van der Waals surface area contributed by atoms with Crippen LogP contribution >= 0.6 is 0 Å². The van der Waals surface area contributed by atoms with Gasteiger partial charge in [0.1, 0.15) is 11.9 Å². The van der Waals surface area contributed by atoms with E-state index >= 15 is 0 Å². The molecule has 14 heavy (non-hydrogen) atoms. The van der Waals surface area contributed by atoms with Crippen molar-refractivity contribution in [3.63, 3.8) is 0 Å². The Bertz CT molecular complexity index is 350. The lowest BCUT2D eigenvalue weighted by atomic mass is 10.1. The second kappa shape index (κ2) is 3.29. The third kappa shape index (κ3) is 1.55. The van der Waals surface area contributed by atoms with Crippen molar-refractivity contribution in [1.82, 2.24) is 4.90 Å². The molecule has 1 aromatic rings. The molecule has 1 heterocycles. The van der Waals surface area contributed by atoms with Crippen LogP contribution in [0.4, 0.5) is 9.18 Å². The van der Waals surface area contributed by atoms with Gasteiger partial charge in [-0.3, -0.25) is 0 Å². The number of carbonyl (C=O) groups excluding carboxylic acids is 1. The van der Waals surface area contributed by atoms with Gasteiger partial charge in [0.15, 0.2) is 0 Å². The van der Waals surface area contributed by atoms with Crippen LogP contribution < -0.4 is 0 Å². The summed E-state index contributed by atoms with van der Waals surface area (Å²) in [6.45, 7) is 0.518. The number of cyclic esters (lactones) is 1. The van der Waals surface area contributed by atoms with Crippen molar-refractivity contribution in [2.45, 2.75) is 6.10 Å². The number of ether oxygens (including phenoxy) is 1. The summed E-state index contributed by atoms with van der Waals surface area (Å²) in [7, 11) is 1.67. The molecule has 0 aliphatic carbocycles. The average molecular weight is 195 g/mol. The Morgan fingerprint density at radius 1 is 1.43 bits per heavy atom. The van der Waals surface area contributed by atoms with Gasteiger partial charge in [-0.15, -0.1) is 0 Å². The molecule has 1 aliphatic rings. The van der Waals surface area contributed by atoms with Crippen molar-refractivity contribution in [1.29, 1.82) is 0 Å². The van der Waals surface area contributed by atoms with E-state index in [4.69, 9.17) is 4.74 Å². The maximum absolute atomic E-state index is 12.6. The smallest absolute Gasteiger partial charge is 0.410 e. The Morgan fingerprint density at radius 2 is 2.07 bits per heavy atom. The predicted molar refractivity (Wildman–Crippen MR) is 48.3 cm³/mol. The van der Waals surface area contributed by atoms with Crippen LogP contribution in [0.1, 0.15) is 11.7 Å². The number of halogens is 1. The summed E-state index contributed by atoms with van der Waals surface area (Å²) in [6, 6.07) is 5.99. The third-order valence-corrected chi connectivity index (χ3v) is 2.24. The molecule has 0 aromatic heterocycles. The minimum absolute atomic E-state index is 0.270. The number of amides is 1. The van der Waals surface area contributed by atoms with Crippen molar-refractivity contribution in [2.24, 2.45) is 0 Å². The van der Waals surface area contributed by atoms with Gasteiger partial charge in [-0.25, -0.2) is 9.18 Å². The van der Waals surface area contributed by atoms with Crippen molar-refractivity contribution >= 4 is 6.09 Å². The number of rotatable bonds is 1. The monoisotopic (exact) mass is 195 g/mol. The van der Waals surface area contributed by atoms with E-state index in [-0.39, 0.29) is 18.0 Å². The highest BCUT2D eigenvalue weighted by molar-refractivity contribution is 5.69. The molecular weight excluding hydrogens is 185 g/mol. The Labute approximate surface area is 81.1 Å². The number of hydrogen-bond donors (Lipinski definition) is 0. The Hall–Kier alpha value is -1.58. The fourth-order valence-electron chi connectivity index (χ4n) is 1.42. The summed E-state index contributed by atoms with van der Waals surface area (Å²) in [5.74, 6) is -0.286. The molecule has 1 amide bonds. The topological polar surface area (TPSA) is 29.5 Å². The minimum Gasteiger partial charge on any atom is -0.439 e. The number of benzene rings is 1. The lowest BCUT2D eigenvalue weighted by Crippen LogP contribution is -2.17. The summed E-state index contributed by atoms with van der Waals surface area (Å²) in [5.41, 5.74) is 0.823. The van der Waals surface area contributed by atoms with Gasteiger partial charge in [-0.2, -0.15) is 0 Å². The lowest BCUT2D eigenvalue weighted by Gasteiger charge is -2.07. The first-order valence-electron chi connectivity index (χ1n) is 4.34. The van der Waals surface area contributed by atoms with E-state index in [1.165, 1.54) is 17.0 Å². The molecule has 2 rings (SSSR count). The van der Waals surface area contributed by atoms with Gasteiger partial charge in [0.2, 0.25) is 0 Å². The molecule has 74 valence electrons. The molecule has 0 bridgehead atoms. The predicted octanol–water partition coefficient (Wildman–Crippen LogP) is 1.95. The summed E-state index contributed by atoms with van der Waals surface area (Å²) in [6.07, 6.45) is -0.604. The Morgan fingerprint density at radius 3 is 2.57 bits per heavy atom. The van der Waals surface area contributed by atoms with Gasteiger partial charge in [0.25, 0.3) is 0 Å². The number of hydrogen-bond acceptors (Lipinski definition) is 2. The largest absolute Gasteiger partial charge is 0.439 e. The summed E-state index contributed by atoms with van der Waals surface area (Å²) >= 11 is 0. The summed E-state index contributed by atoms with van der Waals surface area (Å²) in [5, 5.41) is 0. The van der Waals surface area contributed by atoms with Crippen LogP contribution in [0.25, 0.3) is 0 Å². The molecule has 0 N–H and O–H groups in total. The zero-order valence-electron chi connectivity index (χ0n) is 7.74. The molecule has 3 nitrogen and oxygen atoms in total. The number of nitrogens with zero attached hydrogens (tertiary/aromatic N) is 1. The first kappa shape index (κ1) is 8.99. The Kier molecular flexibility index (Phi) is 2.11. The van der Waals surface area contributed by atoms with E-state index in [1.807, 2.05) is 0 Å². The first-order valence-corrected chi connectivity index (χ1v) is 4.34. The van der Waals surface area contributed by atoms with E-state index in [0.717, 1.165) is 5.56 Å². The van der Waals surface area contributed by atoms with Crippen LogP contribution in [0.3, 0.4) is 0 Å². The van der Waals surface area contributed by atoms with Gasteiger partial charge in [0.05, 0.1) is 6.54 Å². The zero-order chi connectivity index (χ0) is 10.1. The van der Waals surface area contributed by atoms with Crippen molar-refractivity contribution in [3.05, 3.63) is 35.6 Å². The van der Waals surface area contributed by atoms with E-state index in [0.29, 0.717) is 6.54 Å². The molecule has 0 unspecified atom stereocenters. The third-order valence-electron chi connectivity index (χ3n) is 2.24. The molecule has 0 saturated carbocycles. The van der Waals surface area contributed by atoms with Crippen LogP contribution in [0, 0.1) is 5.82 Å². The molecule has 1 atom stereocenters. The molecule has 4 heteroatoms. The van der Waals surface area contributed by atoms with Crippen molar-refractivity contribution in [3.8, 4) is 0 Å². The van der Waals surface area contributed by atoms with Gasteiger partial charge in [0, 0.05) is 7.05 Å². The average Bonchev–Trinajstić information content (AvgIpc) is 2.48. The maximum atomic E-state index is 12.6. The van der Waals surface area contributed by atoms with E-state index in [2.05, 4.69) is 0 Å². The van der Waals surface area contributed by atoms with Crippen LogP contribution in [0.2, 0.25) is 0 Å². The normalized spacial score (nSPS) is 21.1. The molecule has 1 aromatic carbocycles. The highest BCUT2D eigenvalue weighted by Gasteiger charge is 2.29. The molecule has 1 aliphatic heterocycles. The number of carbonyl (C=O) groups is 1. The fourth-order valence-corrected chi connectivity index (χ4v) is 1.42.